The quantitative estimate of drug-likeness (QED) is 0.768. The van der Waals surface area contributed by atoms with Crippen LogP contribution in [0.15, 0.2) is 29.1 Å². The van der Waals surface area contributed by atoms with Gasteiger partial charge in [-0.2, -0.15) is 11.3 Å². The van der Waals surface area contributed by atoms with Crippen LogP contribution >= 0.6 is 11.3 Å². The molecule has 0 aromatic carbocycles. The third kappa shape index (κ3) is 2.98. The van der Waals surface area contributed by atoms with Crippen LogP contribution < -0.4 is 11.1 Å². The van der Waals surface area contributed by atoms with Gasteiger partial charge < -0.3 is 16.2 Å². The largest absolute Gasteiger partial charge is 0.478 e. The van der Waals surface area contributed by atoms with Crippen molar-refractivity contribution in [3.63, 3.8) is 0 Å². The highest BCUT2D eigenvalue weighted by atomic mass is 32.1. The molecule has 0 aliphatic carbocycles. The number of nitrogens with two attached hydrogens (primary N) is 1. The fourth-order valence-corrected chi connectivity index (χ4v) is 2.21. The fourth-order valence-electron chi connectivity index (χ4n) is 1.51. The lowest BCUT2D eigenvalue weighted by Gasteiger charge is -2.08. The number of aromatic nitrogens is 1. The third-order valence-electron chi connectivity index (χ3n) is 2.45. The van der Waals surface area contributed by atoms with Gasteiger partial charge in [0.2, 0.25) is 0 Å². The molecule has 2 heterocycles. The summed E-state index contributed by atoms with van der Waals surface area (Å²) in [6.45, 7) is 0.709. The van der Waals surface area contributed by atoms with Gasteiger partial charge >= 0.3 is 5.97 Å². The van der Waals surface area contributed by atoms with Gasteiger partial charge in [0.15, 0.2) is 0 Å². The normalized spacial score (nSPS) is 10.2. The highest BCUT2D eigenvalue weighted by molar-refractivity contribution is 7.07. The fraction of sp³-hybridized carbons (Fsp3) is 0.167. The molecule has 0 aliphatic heterocycles. The average Bonchev–Trinajstić information content (AvgIpc) is 2.84. The smallest absolute Gasteiger partial charge is 0.337 e. The number of nitrogens with one attached hydrogen (secondary N) is 1. The summed E-state index contributed by atoms with van der Waals surface area (Å²) in [6, 6.07) is 3.47. The molecule has 0 fully saturated rings. The van der Waals surface area contributed by atoms with E-state index >= 15 is 0 Å². The van der Waals surface area contributed by atoms with E-state index in [1.54, 1.807) is 11.3 Å². The Kier molecular flexibility index (Phi) is 3.78. The first-order chi connectivity index (χ1) is 8.66. The number of carbonyl (C=O) groups is 1. The molecule has 6 heteroatoms. The van der Waals surface area contributed by atoms with Crippen molar-refractivity contribution in [1.82, 2.24) is 4.98 Å². The Labute approximate surface area is 108 Å². The van der Waals surface area contributed by atoms with E-state index in [-0.39, 0.29) is 5.56 Å². The summed E-state index contributed by atoms with van der Waals surface area (Å²) < 4.78 is 0. The second-order valence-electron chi connectivity index (χ2n) is 3.78. The first-order valence-corrected chi connectivity index (χ1v) is 6.35. The number of hydrogen-bond donors (Lipinski definition) is 3. The molecule has 2 rings (SSSR count). The predicted octanol–water partition coefficient (Wildman–Crippen LogP) is 2.08. The Morgan fingerprint density at radius 2 is 2.39 bits per heavy atom. The number of aromatic carboxylic acids is 1. The highest BCUT2D eigenvalue weighted by Gasteiger charge is 2.07. The van der Waals surface area contributed by atoms with E-state index in [1.165, 1.54) is 17.8 Å². The van der Waals surface area contributed by atoms with E-state index in [0.717, 1.165) is 6.42 Å². The van der Waals surface area contributed by atoms with Crippen molar-refractivity contribution in [3.8, 4) is 0 Å². The first kappa shape index (κ1) is 12.4. The van der Waals surface area contributed by atoms with Crippen molar-refractivity contribution < 1.29 is 9.90 Å². The molecule has 18 heavy (non-hydrogen) atoms. The molecule has 0 saturated heterocycles. The molecule has 0 unspecified atom stereocenters. The molecule has 0 spiro atoms. The molecule has 4 N–H and O–H groups in total. The van der Waals surface area contributed by atoms with Crippen molar-refractivity contribution in [3.05, 3.63) is 40.2 Å². The van der Waals surface area contributed by atoms with Crippen LogP contribution in [0.1, 0.15) is 15.9 Å². The maximum atomic E-state index is 10.7. The SMILES string of the molecule is Nc1cc(C(=O)O)cnc1NCCc1ccsc1. The minimum absolute atomic E-state index is 0.0934. The zero-order valence-electron chi connectivity index (χ0n) is 9.59. The maximum Gasteiger partial charge on any atom is 0.337 e. The zero-order valence-corrected chi connectivity index (χ0v) is 10.4. The standard InChI is InChI=1S/C12H13N3O2S/c13-10-5-9(12(16)17)6-15-11(10)14-3-1-8-2-4-18-7-8/h2,4-7H,1,3,13H2,(H,14,15)(H,16,17). The number of thiophene rings is 1. The Balaban J connectivity index is 1.95. The molecule has 0 aliphatic rings. The topological polar surface area (TPSA) is 88.2 Å². The third-order valence-corrected chi connectivity index (χ3v) is 3.18. The van der Waals surface area contributed by atoms with E-state index in [4.69, 9.17) is 10.8 Å². The van der Waals surface area contributed by atoms with Gasteiger partial charge in [-0.15, -0.1) is 0 Å². The minimum atomic E-state index is -1.03. The molecule has 2 aromatic rings. The van der Waals surface area contributed by atoms with Gasteiger partial charge in [0, 0.05) is 12.7 Å². The summed E-state index contributed by atoms with van der Waals surface area (Å²) in [5.41, 5.74) is 7.43. The van der Waals surface area contributed by atoms with Crippen LogP contribution in [0.2, 0.25) is 0 Å². The van der Waals surface area contributed by atoms with Crippen LogP contribution in [-0.2, 0) is 6.42 Å². The van der Waals surface area contributed by atoms with Crippen LogP contribution in [0.5, 0.6) is 0 Å². The summed E-state index contributed by atoms with van der Waals surface area (Å²) in [5, 5.41) is 16.0. The van der Waals surface area contributed by atoms with Crippen molar-refractivity contribution in [2.75, 3.05) is 17.6 Å². The van der Waals surface area contributed by atoms with Crippen LogP contribution in [0.25, 0.3) is 0 Å². The molecule has 2 aromatic heterocycles. The van der Waals surface area contributed by atoms with Crippen LogP contribution in [-0.4, -0.2) is 22.6 Å². The van der Waals surface area contributed by atoms with Gasteiger partial charge in [-0.3, -0.25) is 0 Å². The lowest BCUT2D eigenvalue weighted by molar-refractivity contribution is 0.0696. The summed E-state index contributed by atoms with van der Waals surface area (Å²) >= 11 is 1.66. The molecule has 94 valence electrons. The van der Waals surface area contributed by atoms with Crippen molar-refractivity contribution in [1.29, 1.82) is 0 Å². The van der Waals surface area contributed by atoms with Crippen LogP contribution in [0.4, 0.5) is 11.5 Å². The minimum Gasteiger partial charge on any atom is -0.478 e. The van der Waals surface area contributed by atoms with Crippen LogP contribution in [0.3, 0.4) is 0 Å². The number of hydrogen-bond acceptors (Lipinski definition) is 5. The number of carboxylic acid groups (broad SMARTS) is 1. The number of nitrogens with zero attached hydrogens (tertiary/aromatic N) is 1. The summed E-state index contributed by atoms with van der Waals surface area (Å²) in [6.07, 6.45) is 2.18. The van der Waals surface area contributed by atoms with Gasteiger partial charge in [-0.25, -0.2) is 9.78 Å². The van der Waals surface area contributed by atoms with E-state index in [2.05, 4.69) is 21.7 Å². The Morgan fingerprint density at radius 3 is 3.00 bits per heavy atom. The second kappa shape index (κ2) is 5.50. The number of anilines is 2. The molecule has 0 radical (unpaired) electrons. The average molecular weight is 263 g/mol. The van der Waals surface area contributed by atoms with E-state index in [1.807, 2.05) is 5.38 Å². The zero-order chi connectivity index (χ0) is 13.0. The molecular formula is C12H13N3O2S. The van der Waals surface area contributed by atoms with Crippen molar-refractivity contribution in [2.24, 2.45) is 0 Å². The molecular weight excluding hydrogens is 250 g/mol. The highest BCUT2D eigenvalue weighted by Crippen LogP contribution is 2.16. The van der Waals surface area contributed by atoms with E-state index in [0.29, 0.717) is 18.1 Å². The van der Waals surface area contributed by atoms with Gasteiger partial charge in [0.25, 0.3) is 0 Å². The Hall–Kier alpha value is -2.08. The summed E-state index contributed by atoms with van der Waals surface area (Å²) in [4.78, 5) is 14.7. The maximum absolute atomic E-state index is 10.7. The Bertz CT molecular complexity index is 540. The van der Waals surface area contributed by atoms with Gasteiger partial charge in [-0.05, 0) is 34.9 Å². The van der Waals surface area contributed by atoms with Gasteiger partial charge in [0.1, 0.15) is 5.82 Å². The number of rotatable bonds is 5. The molecule has 0 atom stereocenters. The number of pyridine rings is 1. The van der Waals surface area contributed by atoms with E-state index in [9.17, 15) is 4.79 Å². The lowest BCUT2D eigenvalue weighted by Crippen LogP contribution is -2.09. The predicted molar refractivity (Wildman–Crippen MR) is 72.1 cm³/mol. The van der Waals surface area contributed by atoms with Crippen molar-refractivity contribution in [2.45, 2.75) is 6.42 Å². The second-order valence-corrected chi connectivity index (χ2v) is 4.56. The van der Waals surface area contributed by atoms with Crippen LogP contribution in [0, 0.1) is 0 Å². The molecule has 0 amide bonds. The number of carboxylic acids is 1. The van der Waals surface area contributed by atoms with Gasteiger partial charge in [-0.1, -0.05) is 0 Å². The monoisotopic (exact) mass is 263 g/mol. The lowest BCUT2D eigenvalue weighted by atomic mass is 10.2. The molecule has 0 saturated carbocycles. The number of nitrogen functional groups attached to an aromatic ring is 1. The van der Waals surface area contributed by atoms with E-state index < -0.39 is 5.97 Å². The first-order valence-electron chi connectivity index (χ1n) is 5.40. The summed E-state index contributed by atoms with van der Waals surface area (Å²) in [7, 11) is 0. The van der Waals surface area contributed by atoms with Gasteiger partial charge in [0.05, 0.1) is 11.3 Å². The summed E-state index contributed by atoms with van der Waals surface area (Å²) in [5.74, 6) is -0.505. The molecule has 5 nitrogen and oxygen atoms in total. The van der Waals surface area contributed by atoms with Crippen molar-refractivity contribution >= 4 is 28.8 Å². The molecule has 0 bridgehead atoms. The Morgan fingerprint density at radius 1 is 1.56 bits per heavy atom.